The molecule has 0 spiro atoms. The van der Waals surface area contributed by atoms with Crippen molar-refractivity contribution in [2.24, 2.45) is 7.05 Å². The molecule has 0 atom stereocenters. The molecule has 1 aromatic carbocycles. The molecule has 3 amide bonds. The summed E-state index contributed by atoms with van der Waals surface area (Å²) in [6.45, 7) is 6.64. The summed E-state index contributed by atoms with van der Waals surface area (Å²) >= 11 is 3.40. The minimum atomic E-state index is -0.385. The number of methoxy groups -OCH3 is 1. The molecule has 0 radical (unpaired) electrons. The molecule has 2 N–H and O–H groups in total. The Labute approximate surface area is 179 Å². The van der Waals surface area contributed by atoms with Crippen molar-refractivity contribution in [1.82, 2.24) is 14.7 Å². The summed E-state index contributed by atoms with van der Waals surface area (Å²) in [4.78, 5) is 26.7. The molecule has 8 nitrogen and oxygen atoms in total. The van der Waals surface area contributed by atoms with Gasteiger partial charge in [0.2, 0.25) is 5.91 Å². The van der Waals surface area contributed by atoms with E-state index in [4.69, 9.17) is 4.74 Å². The van der Waals surface area contributed by atoms with Crippen LogP contribution in [0.3, 0.4) is 0 Å². The van der Waals surface area contributed by atoms with Gasteiger partial charge in [-0.1, -0.05) is 32.9 Å². The van der Waals surface area contributed by atoms with Crippen molar-refractivity contribution < 1.29 is 14.3 Å². The third kappa shape index (κ3) is 6.57. The molecule has 0 saturated heterocycles. The van der Waals surface area contributed by atoms with Crippen LogP contribution in [0.4, 0.5) is 16.3 Å². The van der Waals surface area contributed by atoms with E-state index in [-0.39, 0.29) is 30.4 Å². The number of para-hydroxylation sites is 1. The van der Waals surface area contributed by atoms with Crippen molar-refractivity contribution in [3.63, 3.8) is 0 Å². The van der Waals surface area contributed by atoms with E-state index in [2.05, 4.69) is 52.4 Å². The Morgan fingerprint density at radius 2 is 1.93 bits per heavy atom. The number of rotatable bonds is 7. The molecule has 2 aromatic rings. The van der Waals surface area contributed by atoms with Gasteiger partial charge >= 0.3 is 6.03 Å². The first kappa shape index (κ1) is 22.9. The number of amides is 3. The van der Waals surface area contributed by atoms with Crippen LogP contribution >= 0.6 is 15.9 Å². The predicted octanol–water partition coefficient (Wildman–Crippen LogP) is 3.60. The van der Waals surface area contributed by atoms with E-state index >= 15 is 0 Å². The molecule has 1 aromatic heterocycles. The summed E-state index contributed by atoms with van der Waals surface area (Å²) in [6.07, 6.45) is 0. The Morgan fingerprint density at radius 1 is 1.24 bits per heavy atom. The molecule has 1 heterocycles. The zero-order chi connectivity index (χ0) is 21.6. The average molecular weight is 466 g/mol. The summed E-state index contributed by atoms with van der Waals surface area (Å²) in [5, 5.41) is 10.1. The molecule has 29 heavy (non-hydrogen) atoms. The molecule has 0 saturated carbocycles. The summed E-state index contributed by atoms with van der Waals surface area (Å²) in [6, 6.07) is 8.75. The lowest BCUT2D eigenvalue weighted by molar-refractivity contribution is -0.116. The smallest absolute Gasteiger partial charge is 0.322 e. The molecular weight excluding hydrogens is 438 g/mol. The number of urea groups is 1. The molecule has 158 valence electrons. The molecule has 0 bridgehead atoms. The van der Waals surface area contributed by atoms with Gasteiger partial charge in [-0.25, -0.2) is 4.79 Å². The lowest BCUT2D eigenvalue weighted by atomic mass is 9.92. The van der Waals surface area contributed by atoms with Crippen LogP contribution in [-0.2, 0) is 22.0 Å². The topological polar surface area (TPSA) is 88.5 Å². The fourth-order valence-electron chi connectivity index (χ4n) is 2.52. The van der Waals surface area contributed by atoms with Crippen LogP contribution in [0.1, 0.15) is 26.5 Å². The Hall–Kier alpha value is -2.39. The minimum absolute atomic E-state index is 0.115. The summed E-state index contributed by atoms with van der Waals surface area (Å²) in [7, 11) is 3.32. The highest BCUT2D eigenvalue weighted by Crippen LogP contribution is 2.23. The van der Waals surface area contributed by atoms with Gasteiger partial charge in [-0.2, -0.15) is 5.10 Å². The molecule has 0 fully saturated rings. The number of nitrogens with zero attached hydrogens (tertiary/aromatic N) is 3. The number of hydrogen-bond donors (Lipinski definition) is 2. The van der Waals surface area contributed by atoms with Gasteiger partial charge in [-0.3, -0.25) is 9.48 Å². The number of aryl methyl sites for hydroxylation is 1. The van der Waals surface area contributed by atoms with Crippen LogP contribution in [0.25, 0.3) is 0 Å². The van der Waals surface area contributed by atoms with Crippen molar-refractivity contribution in [2.45, 2.75) is 26.2 Å². The molecule has 0 unspecified atom stereocenters. The third-order valence-electron chi connectivity index (χ3n) is 4.22. The maximum Gasteiger partial charge on any atom is 0.322 e. The van der Waals surface area contributed by atoms with Crippen LogP contribution in [0.15, 0.2) is 34.8 Å². The lowest BCUT2D eigenvalue weighted by Crippen LogP contribution is -2.42. The third-order valence-corrected chi connectivity index (χ3v) is 4.91. The van der Waals surface area contributed by atoms with E-state index in [1.165, 1.54) is 4.90 Å². The van der Waals surface area contributed by atoms with E-state index in [0.717, 1.165) is 10.2 Å². The number of carbonyl (C=O) groups is 2. The Balaban J connectivity index is 2.07. The highest BCUT2D eigenvalue weighted by Gasteiger charge is 2.22. The number of carbonyl (C=O) groups excluding carboxylic acids is 2. The van der Waals surface area contributed by atoms with Crippen LogP contribution in [0, 0.1) is 0 Å². The molecule has 9 heteroatoms. The Morgan fingerprint density at radius 3 is 2.52 bits per heavy atom. The highest BCUT2D eigenvalue weighted by atomic mass is 79.9. The van der Waals surface area contributed by atoms with Crippen molar-refractivity contribution in [1.29, 1.82) is 0 Å². The first-order chi connectivity index (χ1) is 13.6. The highest BCUT2D eigenvalue weighted by molar-refractivity contribution is 9.10. The minimum Gasteiger partial charge on any atom is -0.383 e. The second-order valence-corrected chi connectivity index (χ2v) is 8.52. The van der Waals surface area contributed by atoms with Gasteiger partial charge in [-0.15, -0.1) is 0 Å². The second-order valence-electron chi connectivity index (χ2n) is 7.66. The first-order valence-electron chi connectivity index (χ1n) is 9.25. The van der Waals surface area contributed by atoms with E-state index in [1.807, 2.05) is 24.3 Å². The number of benzene rings is 1. The normalized spacial score (nSPS) is 11.2. The summed E-state index contributed by atoms with van der Waals surface area (Å²) < 4.78 is 7.46. The predicted molar refractivity (Wildman–Crippen MR) is 117 cm³/mol. The lowest BCUT2D eigenvalue weighted by Gasteiger charge is -2.22. The molecule has 0 aliphatic rings. The van der Waals surface area contributed by atoms with Gasteiger partial charge in [0.15, 0.2) is 0 Å². The maximum atomic E-state index is 12.7. The van der Waals surface area contributed by atoms with Gasteiger partial charge in [0.05, 0.1) is 18.0 Å². The number of nitrogens with one attached hydrogen (secondary N) is 2. The summed E-state index contributed by atoms with van der Waals surface area (Å²) in [5.41, 5.74) is 1.37. The average Bonchev–Trinajstić information content (AvgIpc) is 3.01. The number of hydrogen-bond acceptors (Lipinski definition) is 4. The molecule has 2 rings (SSSR count). The maximum absolute atomic E-state index is 12.7. The standard InChI is InChI=1S/C20H28BrN5O3/c1-20(2,3)16-12-17(25(4)24-16)23-18(27)13-26(10-11-29-5)19(28)22-15-9-7-6-8-14(15)21/h6-9,12H,10-11,13H2,1-5H3,(H,22,28)(H,23,27). The SMILES string of the molecule is COCCN(CC(=O)Nc1cc(C(C)(C)C)nn1C)C(=O)Nc1ccccc1Br. The van der Waals surface area contributed by atoms with E-state index in [9.17, 15) is 9.59 Å². The Kier molecular flexibility index (Phi) is 7.80. The van der Waals surface area contributed by atoms with Crippen LogP contribution < -0.4 is 10.6 Å². The van der Waals surface area contributed by atoms with E-state index in [0.29, 0.717) is 18.1 Å². The van der Waals surface area contributed by atoms with Gasteiger partial charge in [-0.05, 0) is 28.1 Å². The largest absolute Gasteiger partial charge is 0.383 e. The van der Waals surface area contributed by atoms with Crippen molar-refractivity contribution in [3.05, 3.63) is 40.5 Å². The number of ether oxygens (including phenoxy) is 1. The van der Waals surface area contributed by atoms with E-state index in [1.54, 1.807) is 24.9 Å². The molecule has 0 aliphatic heterocycles. The second kappa shape index (κ2) is 9.89. The van der Waals surface area contributed by atoms with Gasteiger partial charge in [0.25, 0.3) is 0 Å². The van der Waals surface area contributed by atoms with Crippen molar-refractivity contribution in [3.8, 4) is 0 Å². The van der Waals surface area contributed by atoms with Crippen molar-refractivity contribution >= 4 is 39.4 Å². The first-order valence-corrected chi connectivity index (χ1v) is 10.0. The monoisotopic (exact) mass is 465 g/mol. The number of aromatic nitrogens is 2. The molecular formula is C20H28BrN5O3. The summed E-state index contributed by atoms with van der Waals surface area (Å²) in [5.74, 6) is 0.268. The fraction of sp³-hybridized carbons (Fsp3) is 0.450. The zero-order valence-corrected chi connectivity index (χ0v) is 19.0. The van der Waals surface area contributed by atoms with Crippen LogP contribution in [0.2, 0.25) is 0 Å². The van der Waals surface area contributed by atoms with Crippen molar-refractivity contribution in [2.75, 3.05) is 37.4 Å². The number of halogens is 1. The quantitative estimate of drug-likeness (QED) is 0.653. The Bertz CT molecular complexity index is 860. The van der Waals surface area contributed by atoms with Gasteiger partial charge in [0.1, 0.15) is 12.4 Å². The fourth-order valence-corrected chi connectivity index (χ4v) is 2.90. The zero-order valence-electron chi connectivity index (χ0n) is 17.5. The van der Waals surface area contributed by atoms with Crippen LogP contribution in [-0.4, -0.2) is 53.4 Å². The molecule has 0 aliphatic carbocycles. The van der Waals surface area contributed by atoms with E-state index < -0.39 is 0 Å². The van der Waals surface area contributed by atoms with Gasteiger partial charge < -0.3 is 20.3 Å². The van der Waals surface area contributed by atoms with Crippen LogP contribution in [0.5, 0.6) is 0 Å². The number of anilines is 2. The van der Waals surface area contributed by atoms with Gasteiger partial charge in [0, 0.05) is 36.7 Å².